The molecular weight excluding hydrogens is 329 g/mol. The molecule has 26 heavy (non-hydrogen) atoms. The van der Waals surface area contributed by atoms with Gasteiger partial charge in [-0.05, 0) is 43.2 Å². The van der Waals surface area contributed by atoms with E-state index in [4.69, 9.17) is 0 Å². The molecular formula is C21H26FN3O. The standard InChI is InChI=1S/C21H26FN3O/c1-16-6-7-17(2)18(12-16)14-24-8-10-25(11-9-24)15-21(26)23-20-5-3-4-19(22)13-20/h3-7,12-13H,8-11,14-15H2,1-2H3,(H,23,26). The summed E-state index contributed by atoms with van der Waals surface area (Å²) in [6.45, 7) is 9.19. The van der Waals surface area contributed by atoms with E-state index in [0.717, 1.165) is 32.7 Å². The minimum absolute atomic E-state index is 0.0985. The van der Waals surface area contributed by atoms with E-state index in [1.807, 2.05) is 0 Å². The highest BCUT2D eigenvalue weighted by atomic mass is 19.1. The molecule has 0 saturated carbocycles. The fourth-order valence-electron chi connectivity index (χ4n) is 3.29. The van der Waals surface area contributed by atoms with Crippen molar-refractivity contribution in [2.24, 2.45) is 0 Å². The summed E-state index contributed by atoms with van der Waals surface area (Å²) < 4.78 is 13.2. The van der Waals surface area contributed by atoms with Gasteiger partial charge in [-0.3, -0.25) is 14.6 Å². The van der Waals surface area contributed by atoms with Gasteiger partial charge in [0.25, 0.3) is 0 Å². The largest absolute Gasteiger partial charge is 0.325 e. The number of aryl methyl sites for hydroxylation is 2. The van der Waals surface area contributed by atoms with Crippen molar-refractivity contribution >= 4 is 11.6 Å². The molecule has 3 rings (SSSR count). The molecule has 1 amide bonds. The Kier molecular flexibility index (Phi) is 6.01. The number of hydrogen-bond donors (Lipinski definition) is 1. The van der Waals surface area contributed by atoms with Crippen molar-refractivity contribution in [3.63, 3.8) is 0 Å². The van der Waals surface area contributed by atoms with Crippen LogP contribution in [0.2, 0.25) is 0 Å². The van der Waals surface area contributed by atoms with E-state index in [1.165, 1.54) is 28.8 Å². The van der Waals surface area contributed by atoms with Crippen molar-refractivity contribution in [3.8, 4) is 0 Å². The van der Waals surface area contributed by atoms with Gasteiger partial charge in [-0.2, -0.15) is 0 Å². The number of anilines is 1. The minimum atomic E-state index is -0.345. The number of carbonyl (C=O) groups excluding carboxylic acids is 1. The summed E-state index contributed by atoms with van der Waals surface area (Å²) in [7, 11) is 0. The fraction of sp³-hybridized carbons (Fsp3) is 0.381. The van der Waals surface area contributed by atoms with Crippen molar-refractivity contribution in [2.45, 2.75) is 20.4 Å². The van der Waals surface area contributed by atoms with E-state index in [0.29, 0.717) is 12.2 Å². The smallest absolute Gasteiger partial charge is 0.238 e. The average molecular weight is 355 g/mol. The highest BCUT2D eigenvalue weighted by Crippen LogP contribution is 2.15. The quantitative estimate of drug-likeness (QED) is 0.895. The molecule has 1 aliphatic rings. The number of amides is 1. The molecule has 0 unspecified atom stereocenters. The Morgan fingerprint density at radius 3 is 2.50 bits per heavy atom. The Balaban J connectivity index is 1.46. The van der Waals surface area contributed by atoms with Crippen LogP contribution in [0.1, 0.15) is 16.7 Å². The first kappa shape index (κ1) is 18.5. The molecule has 138 valence electrons. The van der Waals surface area contributed by atoms with Crippen LogP contribution in [0.15, 0.2) is 42.5 Å². The summed E-state index contributed by atoms with van der Waals surface area (Å²) in [4.78, 5) is 16.7. The van der Waals surface area contributed by atoms with E-state index in [2.05, 4.69) is 47.2 Å². The van der Waals surface area contributed by atoms with Crippen molar-refractivity contribution in [1.29, 1.82) is 0 Å². The lowest BCUT2D eigenvalue weighted by Gasteiger charge is -2.34. The number of piperazine rings is 1. The normalized spacial score (nSPS) is 15.8. The third-order valence-corrected chi connectivity index (χ3v) is 4.84. The second-order valence-corrected chi connectivity index (χ2v) is 7.04. The molecule has 5 heteroatoms. The van der Waals surface area contributed by atoms with E-state index in [9.17, 15) is 9.18 Å². The topological polar surface area (TPSA) is 35.6 Å². The number of carbonyl (C=O) groups is 1. The number of hydrogen-bond acceptors (Lipinski definition) is 3. The maximum absolute atomic E-state index is 13.2. The van der Waals surface area contributed by atoms with E-state index in [1.54, 1.807) is 12.1 Å². The number of halogens is 1. The third kappa shape index (κ3) is 5.13. The van der Waals surface area contributed by atoms with Crippen molar-refractivity contribution < 1.29 is 9.18 Å². The second kappa shape index (κ2) is 8.43. The molecule has 0 aromatic heterocycles. The van der Waals surface area contributed by atoms with Crippen LogP contribution in [0.3, 0.4) is 0 Å². The molecule has 0 bridgehead atoms. The highest BCUT2D eigenvalue weighted by Gasteiger charge is 2.19. The Hall–Kier alpha value is -2.24. The zero-order valence-electron chi connectivity index (χ0n) is 15.5. The molecule has 0 atom stereocenters. The molecule has 4 nitrogen and oxygen atoms in total. The van der Waals surface area contributed by atoms with Crippen LogP contribution in [-0.4, -0.2) is 48.4 Å². The number of benzene rings is 2. The van der Waals surface area contributed by atoms with Crippen LogP contribution in [0.25, 0.3) is 0 Å². The Bertz CT molecular complexity index is 770. The second-order valence-electron chi connectivity index (χ2n) is 7.04. The maximum atomic E-state index is 13.2. The van der Waals surface area contributed by atoms with Crippen molar-refractivity contribution in [3.05, 3.63) is 65.0 Å². The number of nitrogens with zero attached hydrogens (tertiary/aromatic N) is 2. The summed E-state index contributed by atoms with van der Waals surface area (Å²) in [5.41, 5.74) is 4.50. The first-order valence-electron chi connectivity index (χ1n) is 9.06. The van der Waals surface area contributed by atoms with Gasteiger partial charge >= 0.3 is 0 Å². The molecule has 1 saturated heterocycles. The fourth-order valence-corrected chi connectivity index (χ4v) is 3.29. The average Bonchev–Trinajstić information content (AvgIpc) is 2.60. The Labute approximate surface area is 154 Å². The summed E-state index contributed by atoms with van der Waals surface area (Å²) in [5, 5.41) is 2.76. The van der Waals surface area contributed by atoms with Crippen LogP contribution >= 0.6 is 0 Å². The highest BCUT2D eigenvalue weighted by molar-refractivity contribution is 5.92. The molecule has 0 radical (unpaired) electrons. The van der Waals surface area contributed by atoms with Crippen molar-refractivity contribution in [2.75, 3.05) is 38.0 Å². The van der Waals surface area contributed by atoms with Gasteiger partial charge < -0.3 is 5.32 Å². The zero-order chi connectivity index (χ0) is 18.5. The van der Waals surface area contributed by atoms with Gasteiger partial charge in [0.05, 0.1) is 6.54 Å². The van der Waals surface area contributed by atoms with Crippen LogP contribution < -0.4 is 5.32 Å². The third-order valence-electron chi connectivity index (χ3n) is 4.84. The van der Waals surface area contributed by atoms with Gasteiger partial charge in [0.1, 0.15) is 5.82 Å². The predicted octanol–water partition coefficient (Wildman–Crippen LogP) is 3.20. The monoisotopic (exact) mass is 355 g/mol. The molecule has 1 aliphatic heterocycles. The van der Waals surface area contributed by atoms with Gasteiger partial charge in [0.2, 0.25) is 5.91 Å². The predicted molar refractivity (Wildman–Crippen MR) is 103 cm³/mol. The van der Waals surface area contributed by atoms with E-state index < -0.39 is 0 Å². The van der Waals surface area contributed by atoms with Crippen LogP contribution in [0.5, 0.6) is 0 Å². The van der Waals surface area contributed by atoms with Crippen molar-refractivity contribution in [1.82, 2.24) is 9.80 Å². The van der Waals surface area contributed by atoms with Gasteiger partial charge in [-0.25, -0.2) is 4.39 Å². The molecule has 2 aromatic rings. The first-order valence-corrected chi connectivity index (χ1v) is 9.06. The van der Waals surface area contributed by atoms with Gasteiger partial charge in [-0.15, -0.1) is 0 Å². The number of nitrogens with one attached hydrogen (secondary N) is 1. The lowest BCUT2D eigenvalue weighted by molar-refractivity contribution is -0.117. The molecule has 0 spiro atoms. The SMILES string of the molecule is Cc1ccc(C)c(CN2CCN(CC(=O)Nc3cccc(F)c3)CC2)c1. The summed E-state index contributed by atoms with van der Waals surface area (Å²) >= 11 is 0. The molecule has 1 N–H and O–H groups in total. The summed E-state index contributed by atoms with van der Waals surface area (Å²) in [6.07, 6.45) is 0. The van der Waals surface area contributed by atoms with Gasteiger partial charge in [0, 0.05) is 38.4 Å². The van der Waals surface area contributed by atoms with E-state index in [-0.39, 0.29) is 11.7 Å². The van der Waals surface area contributed by atoms with E-state index >= 15 is 0 Å². The molecule has 1 heterocycles. The minimum Gasteiger partial charge on any atom is -0.325 e. The van der Waals surface area contributed by atoms with Crippen LogP contribution in [0.4, 0.5) is 10.1 Å². The van der Waals surface area contributed by atoms with Crippen LogP contribution in [0, 0.1) is 19.7 Å². The Morgan fingerprint density at radius 2 is 1.77 bits per heavy atom. The Morgan fingerprint density at radius 1 is 1.04 bits per heavy atom. The van der Waals surface area contributed by atoms with Gasteiger partial charge in [0.15, 0.2) is 0 Å². The molecule has 2 aromatic carbocycles. The molecule has 0 aliphatic carbocycles. The maximum Gasteiger partial charge on any atom is 0.238 e. The lowest BCUT2D eigenvalue weighted by atomic mass is 10.0. The summed E-state index contributed by atoms with van der Waals surface area (Å²) in [6, 6.07) is 12.6. The van der Waals surface area contributed by atoms with Gasteiger partial charge in [-0.1, -0.05) is 29.8 Å². The summed E-state index contributed by atoms with van der Waals surface area (Å²) in [5.74, 6) is -0.443. The molecule has 1 fully saturated rings. The lowest BCUT2D eigenvalue weighted by Crippen LogP contribution is -2.48. The number of rotatable bonds is 5. The van der Waals surface area contributed by atoms with Crippen LogP contribution in [-0.2, 0) is 11.3 Å². The first-order chi connectivity index (χ1) is 12.5. The zero-order valence-corrected chi connectivity index (χ0v) is 15.5.